The standard InChI is InChI=1S/C18H17BrN4O2S/c1-2-24-16-9-8-13(10-15(16)19)11-20-23-17(21-22-18(23)26)12-25-14-6-4-3-5-7-14/h3-11H,2,12H2,1H3,(H,22,26)/b20-11-. The van der Waals surface area contributed by atoms with Gasteiger partial charge >= 0.3 is 0 Å². The van der Waals surface area contributed by atoms with Crippen LogP contribution in [-0.2, 0) is 6.61 Å². The van der Waals surface area contributed by atoms with Gasteiger partial charge in [0.05, 0.1) is 17.3 Å². The summed E-state index contributed by atoms with van der Waals surface area (Å²) in [6.45, 7) is 2.81. The van der Waals surface area contributed by atoms with Crippen LogP contribution < -0.4 is 9.47 Å². The molecule has 1 N–H and O–H groups in total. The summed E-state index contributed by atoms with van der Waals surface area (Å²) in [6.07, 6.45) is 1.71. The van der Waals surface area contributed by atoms with Gasteiger partial charge in [-0.05, 0) is 71.0 Å². The lowest BCUT2D eigenvalue weighted by Crippen LogP contribution is -2.04. The molecule has 6 nitrogen and oxygen atoms in total. The van der Waals surface area contributed by atoms with Crippen LogP contribution in [0.5, 0.6) is 11.5 Å². The van der Waals surface area contributed by atoms with Crippen molar-refractivity contribution in [2.45, 2.75) is 13.5 Å². The Labute approximate surface area is 164 Å². The lowest BCUT2D eigenvalue weighted by molar-refractivity contribution is 0.290. The Morgan fingerprint density at radius 1 is 1.23 bits per heavy atom. The molecule has 0 aliphatic rings. The van der Waals surface area contributed by atoms with Crippen molar-refractivity contribution in [1.82, 2.24) is 14.9 Å². The summed E-state index contributed by atoms with van der Waals surface area (Å²) in [7, 11) is 0. The van der Waals surface area contributed by atoms with E-state index >= 15 is 0 Å². The topological polar surface area (TPSA) is 64.4 Å². The quantitative estimate of drug-likeness (QED) is 0.438. The molecule has 0 bridgehead atoms. The first-order chi connectivity index (χ1) is 12.7. The summed E-state index contributed by atoms with van der Waals surface area (Å²) in [5, 5.41) is 11.3. The van der Waals surface area contributed by atoms with E-state index in [1.165, 1.54) is 0 Å². The van der Waals surface area contributed by atoms with E-state index in [0.717, 1.165) is 21.5 Å². The van der Waals surface area contributed by atoms with Gasteiger partial charge in [0, 0.05) is 0 Å². The fourth-order valence-corrected chi connectivity index (χ4v) is 2.90. The van der Waals surface area contributed by atoms with Crippen LogP contribution in [0.4, 0.5) is 0 Å². The highest BCUT2D eigenvalue weighted by Gasteiger charge is 2.06. The van der Waals surface area contributed by atoms with Crippen LogP contribution >= 0.6 is 28.1 Å². The van der Waals surface area contributed by atoms with Crippen LogP contribution in [-0.4, -0.2) is 27.7 Å². The molecule has 0 saturated carbocycles. The first kappa shape index (κ1) is 18.3. The molecule has 0 atom stereocenters. The zero-order chi connectivity index (χ0) is 18.4. The number of nitrogens with one attached hydrogen (secondary N) is 1. The second-order valence-corrected chi connectivity index (χ2v) is 6.47. The molecule has 0 spiro atoms. The Kier molecular flexibility index (Phi) is 6.19. The maximum Gasteiger partial charge on any atom is 0.216 e. The molecule has 8 heteroatoms. The smallest absolute Gasteiger partial charge is 0.216 e. The van der Waals surface area contributed by atoms with Gasteiger partial charge in [-0.15, -0.1) is 0 Å². The van der Waals surface area contributed by atoms with Gasteiger partial charge in [-0.2, -0.15) is 14.9 Å². The van der Waals surface area contributed by atoms with E-state index in [1.807, 2.05) is 55.5 Å². The van der Waals surface area contributed by atoms with Gasteiger partial charge in [0.2, 0.25) is 4.77 Å². The predicted octanol–water partition coefficient (Wildman–Crippen LogP) is 4.56. The third kappa shape index (κ3) is 4.59. The number of aromatic nitrogens is 3. The molecule has 3 rings (SSSR count). The SMILES string of the molecule is CCOc1ccc(/C=N\n2c(COc3ccccc3)n[nH]c2=S)cc1Br. The number of para-hydroxylation sites is 1. The van der Waals surface area contributed by atoms with Gasteiger partial charge in [-0.25, -0.2) is 5.10 Å². The van der Waals surface area contributed by atoms with Crippen molar-refractivity contribution < 1.29 is 9.47 Å². The number of halogens is 1. The zero-order valence-corrected chi connectivity index (χ0v) is 16.5. The minimum atomic E-state index is 0.251. The van der Waals surface area contributed by atoms with Gasteiger partial charge in [-0.3, -0.25) is 0 Å². The molecular formula is C18H17BrN4O2S. The number of rotatable bonds is 7. The summed E-state index contributed by atoms with van der Waals surface area (Å²) >= 11 is 8.74. The third-order valence-corrected chi connectivity index (χ3v) is 4.29. The number of nitrogens with zero attached hydrogens (tertiary/aromatic N) is 3. The van der Waals surface area contributed by atoms with Gasteiger partial charge in [0.25, 0.3) is 0 Å². The van der Waals surface area contributed by atoms with Crippen molar-refractivity contribution in [3.8, 4) is 11.5 Å². The van der Waals surface area contributed by atoms with Crippen LogP contribution in [0.25, 0.3) is 0 Å². The Hall–Kier alpha value is -2.45. The summed E-state index contributed by atoms with van der Waals surface area (Å²) in [6, 6.07) is 15.3. The van der Waals surface area contributed by atoms with Crippen LogP contribution in [0.3, 0.4) is 0 Å². The monoisotopic (exact) mass is 432 g/mol. The average Bonchev–Trinajstić information content (AvgIpc) is 3.01. The molecule has 1 aromatic heterocycles. The molecule has 26 heavy (non-hydrogen) atoms. The van der Waals surface area contributed by atoms with E-state index in [4.69, 9.17) is 21.7 Å². The molecule has 0 amide bonds. The lowest BCUT2D eigenvalue weighted by atomic mass is 10.2. The normalized spacial score (nSPS) is 11.0. The van der Waals surface area contributed by atoms with Crippen molar-refractivity contribution in [2.75, 3.05) is 6.61 Å². The van der Waals surface area contributed by atoms with Gasteiger partial charge in [0.15, 0.2) is 5.82 Å². The lowest BCUT2D eigenvalue weighted by Gasteiger charge is -2.06. The number of aromatic amines is 1. The van der Waals surface area contributed by atoms with Gasteiger partial charge in [-0.1, -0.05) is 18.2 Å². The summed E-state index contributed by atoms with van der Waals surface area (Å²) in [5.74, 6) is 2.13. The van der Waals surface area contributed by atoms with Gasteiger partial charge in [0.1, 0.15) is 18.1 Å². The Bertz CT molecular complexity index is 953. The summed E-state index contributed by atoms with van der Waals surface area (Å²) < 4.78 is 14.0. The third-order valence-electron chi connectivity index (χ3n) is 3.41. The summed E-state index contributed by atoms with van der Waals surface area (Å²) in [5.41, 5.74) is 0.901. The van der Waals surface area contributed by atoms with E-state index in [-0.39, 0.29) is 6.61 Å². The predicted molar refractivity (Wildman–Crippen MR) is 106 cm³/mol. The highest BCUT2D eigenvalue weighted by Crippen LogP contribution is 2.25. The fourth-order valence-electron chi connectivity index (χ4n) is 2.20. The first-order valence-corrected chi connectivity index (χ1v) is 9.18. The van der Waals surface area contributed by atoms with E-state index < -0.39 is 0 Å². The minimum Gasteiger partial charge on any atom is -0.493 e. The Morgan fingerprint density at radius 2 is 2.04 bits per heavy atom. The van der Waals surface area contributed by atoms with Crippen molar-refractivity contribution in [3.63, 3.8) is 0 Å². The number of hydrogen-bond donors (Lipinski definition) is 1. The van der Waals surface area contributed by atoms with E-state index in [2.05, 4.69) is 31.2 Å². The molecule has 134 valence electrons. The van der Waals surface area contributed by atoms with Crippen LogP contribution in [0.2, 0.25) is 0 Å². The van der Waals surface area contributed by atoms with E-state index in [9.17, 15) is 0 Å². The van der Waals surface area contributed by atoms with Crippen molar-refractivity contribution in [1.29, 1.82) is 0 Å². The molecule has 0 saturated heterocycles. The Morgan fingerprint density at radius 3 is 2.77 bits per heavy atom. The highest BCUT2D eigenvalue weighted by molar-refractivity contribution is 9.10. The molecule has 0 unspecified atom stereocenters. The van der Waals surface area contributed by atoms with E-state index in [1.54, 1.807) is 10.9 Å². The maximum absolute atomic E-state index is 5.71. The Balaban J connectivity index is 1.75. The average molecular weight is 433 g/mol. The van der Waals surface area contributed by atoms with Crippen molar-refractivity contribution >= 4 is 34.4 Å². The number of H-pyrrole nitrogens is 1. The van der Waals surface area contributed by atoms with Crippen LogP contribution in [0.1, 0.15) is 18.3 Å². The zero-order valence-electron chi connectivity index (χ0n) is 14.1. The van der Waals surface area contributed by atoms with Crippen LogP contribution in [0, 0.1) is 4.77 Å². The minimum absolute atomic E-state index is 0.251. The van der Waals surface area contributed by atoms with Crippen LogP contribution in [0.15, 0.2) is 58.1 Å². The largest absolute Gasteiger partial charge is 0.493 e. The second-order valence-electron chi connectivity index (χ2n) is 5.23. The number of benzene rings is 2. The molecule has 0 aliphatic heterocycles. The second kappa shape index (κ2) is 8.77. The number of ether oxygens (including phenoxy) is 2. The van der Waals surface area contributed by atoms with Gasteiger partial charge < -0.3 is 9.47 Å². The molecule has 0 aliphatic carbocycles. The fraction of sp³-hybridized carbons (Fsp3) is 0.167. The molecule has 0 fully saturated rings. The summed E-state index contributed by atoms with van der Waals surface area (Å²) in [4.78, 5) is 0. The maximum atomic E-state index is 5.71. The number of hydrogen-bond acceptors (Lipinski definition) is 5. The van der Waals surface area contributed by atoms with Crippen molar-refractivity contribution in [2.24, 2.45) is 5.10 Å². The van der Waals surface area contributed by atoms with E-state index in [0.29, 0.717) is 17.2 Å². The molecule has 0 radical (unpaired) electrons. The molecule has 1 heterocycles. The highest BCUT2D eigenvalue weighted by atomic mass is 79.9. The molecule has 2 aromatic carbocycles. The molecular weight excluding hydrogens is 416 g/mol. The molecule has 3 aromatic rings. The van der Waals surface area contributed by atoms with Crippen molar-refractivity contribution in [3.05, 3.63) is 69.2 Å². The first-order valence-electron chi connectivity index (χ1n) is 7.98.